The van der Waals surface area contributed by atoms with Gasteiger partial charge in [0, 0.05) is 17.1 Å². The zero-order valence-corrected chi connectivity index (χ0v) is 25.3. The molecule has 0 N–H and O–H groups in total. The molecule has 0 saturated heterocycles. The smallest absolute Gasteiger partial charge is 0.195 e. The van der Waals surface area contributed by atoms with Crippen molar-refractivity contribution in [3.63, 3.8) is 0 Å². The zero-order valence-electron chi connectivity index (χ0n) is 25.3. The van der Waals surface area contributed by atoms with Gasteiger partial charge in [-0.05, 0) is 101 Å². The van der Waals surface area contributed by atoms with Crippen LogP contribution in [0.4, 0.5) is 22.7 Å². The van der Waals surface area contributed by atoms with Gasteiger partial charge < -0.3 is 4.90 Å². The summed E-state index contributed by atoms with van der Waals surface area (Å²) in [6.45, 7) is 12.0. The monoisotopic (exact) mass is 577 g/mol. The number of rotatable bonds is 7. The van der Waals surface area contributed by atoms with Crippen LogP contribution >= 0.6 is 0 Å². The lowest BCUT2D eigenvalue weighted by Crippen LogP contribution is -2.09. The molecule has 0 aromatic heterocycles. The summed E-state index contributed by atoms with van der Waals surface area (Å²) >= 11 is 0. The Morgan fingerprint density at radius 3 is 1.60 bits per heavy atom. The van der Waals surface area contributed by atoms with E-state index in [-0.39, 0.29) is 0 Å². The SMILES string of the molecule is [C-]#[N+]c1cc(C=Cc2ccc(C)cc2)cc2c(C#N)cc(C=Cc3ccc(N(c4ccccc4)c4ccc(C)cc4)cc3)cc12. The van der Waals surface area contributed by atoms with Crippen LogP contribution in [-0.2, 0) is 0 Å². The Bertz CT molecular complexity index is 2110. The quantitative estimate of drug-likeness (QED) is 0.140. The summed E-state index contributed by atoms with van der Waals surface area (Å²) in [5, 5.41) is 11.6. The molecule has 0 heterocycles. The van der Waals surface area contributed by atoms with E-state index in [1.54, 1.807) is 0 Å². The molecule has 0 atom stereocenters. The number of benzene rings is 6. The van der Waals surface area contributed by atoms with Crippen molar-refractivity contribution >= 4 is 57.8 Å². The topological polar surface area (TPSA) is 31.4 Å². The number of hydrogen-bond acceptors (Lipinski definition) is 2. The van der Waals surface area contributed by atoms with Crippen LogP contribution in [0.5, 0.6) is 0 Å². The molecule has 214 valence electrons. The molecule has 0 saturated carbocycles. The van der Waals surface area contributed by atoms with E-state index in [4.69, 9.17) is 6.57 Å². The third-order valence-corrected chi connectivity index (χ3v) is 7.81. The first-order chi connectivity index (χ1) is 22.0. The van der Waals surface area contributed by atoms with Gasteiger partial charge in [-0.15, -0.1) is 0 Å². The van der Waals surface area contributed by atoms with Crippen LogP contribution in [0.25, 0.3) is 39.9 Å². The Morgan fingerprint density at radius 1 is 0.556 bits per heavy atom. The fourth-order valence-electron chi connectivity index (χ4n) is 5.38. The lowest BCUT2D eigenvalue weighted by atomic mass is 9.97. The van der Waals surface area contributed by atoms with Crippen LogP contribution in [0.1, 0.15) is 38.9 Å². The Morgan fingerprint density at radius 2 is 1.02 bits per heavy atom. The predicted molar refractivity (Wildman–Crippen MR) is 190 cm³/mol. The Balaban J connectivity index is 1.29. The second-order valence-electron chi connectivity index (χ2n) is 11.1. The van der Waals surface area contributed by atoms with Crippen molar-refractivity contribution in [2.75, 3.05) is 4.90 Å². The second kappa shape index (κ2) is 13.0. The van der Waals surface area contributed by atoms with Gasteiger partial charge in [0.15, 0.2) is 5.69 Å². The van der Waals surface area contributed by atoms with Gasteiger partial charge in [0.05, 0.1) is 18.2 Å². The highest BCUT2D eigenvalue weighted by molar-refractivity contribution is 6.01. The van der Waals surface area contributed by atoms with Gasteiger partial charge in [-0.1, -0.05) is 108 Å². The maximum absolute atomic E-state index is 10.0. The Kier molecular flexibility index (Phi) is 8.36. The normalized spacial score (nSPS) is 11.1. The van der Waals surface area contributed by atoms with Gasteiger partial charge >= 0.3 is 0 Å². The molecule has 3 nitrogen and oxygen atoms in total. The van der Waals surface area contributed by atoms with Crippen LogP contribution in [0.2, 0.25) is 0 Å². The van der Waals surface area contributed by atoms with Crippen LogP contribution in [-0.4, -0.2) is 0 Å². The molecule has 3 heteroatoms. The summed E-state index contributed by atoms with van der Waals surface area (Å²) in [6, 6.07) is 45.7. The predicted octanol–water partition coefficient (Wildman–Crippen LogP) is 11.7. The summed E-state index contributed by atoms with van der Waals surface area (Å²) in [7, 11) is 0. The van der Waals surface area contributed by atoms with Crippen molar-refractivity contribution in [1.29, 1.82) is 5.26 Å². The van der Waals surface area contributed by atoms with Crippen molar-refractivity contribution < 1.29 is 0 Å². The molecular weight excluding hydrogens is 546 g/mol. The van der Waals surface area contributed by atoms with Crippen LogP contribution < -0.4 is 4.90 Å². The van der Waals surface area contributed by atoms with Crippen molar-refractivity contribution in [2.45, 2.75) is 13.8 Å². The number of hydrogen-bond donors (Lipinski definition) is 0. The molecular formula is C42H31N3. The number of aryl methyl sites for hydroxylation is 2. The van der Waals surface area contributed by atoms with Gasteiger partial charge in [0.1, 0.15) is 0 Å². The molecule has 0 radical (unpaired) electrons. The highest BCUT2D eigenvalue weighted by Crippen LogP contribution is 2.35. The second-order valence-corrected chi connectivity index (χ2v) is 11.1. The number of anilines is 3. The van der Waals surface area contributed by atoms with Gasteiger partial charge in [0.2, 0.25) is 0 Å². The molecule has 0 unspecified atom stereocenters. The van der Waals surface area contributed by atoms with Crippen molar-refractivity contribution in [3.05, 3.63) is 178 Å². The Hall–Kier alpha value is -6.16. The number of fused-ring (bicyclic) bond motifs is 1. The molecule has 45 heavy (non-hydrogen) atoms. The van der Waals surface area contributed by atoms with Crippen LogP contribution in [0.15, 0.2) is 127 Å². The lowest BCUT2D eigenvalue weighted by molar-refractivity contribution is 1.27. The van der Waals surface area contributed by atoms with Crippen molar-refractivity contribution in [2.24, 2.45) is 0 Å². The minimum atomic E-state index is 0.532. The van der Waals surface area contributed by atoms with E-state index in [2.05, 4.69) is 127 Å². The maximum atomic E-state index is 10.0. The Labute approximate surface area is 265 Å². The molecule has 0 fully saturated rings. The summed E-state index contributed by atoms with van der Waals surface area (Å²) in [4.78, 5) is 6.06. The zero-order chi connectivity index (χ0) is 31.2. The molecule has 0 aliphatic heterocycles. The highest BCUT2D eigenvalue weighted by Gasteiger charge is 2.12. The van der Waals surface area contributed by atoms with E-state index >= 15 is 0 Å². The third-order valence-electron chi connectivity index (χ3n) is 7.81. The van der Waals surface area contributed by atoms with Gasteiger partial charge in [-0.25, -0.2) is 4.85 Å². The summed E-state index contributed by atoms with van der Waals surface area (Å²) in [5.41, 5.74) is 10.7. The number of para-hydroxylation sites is 1. The summed E-state index contributed by atoms with van der Waals surface area (Å²) < 4.78 is 0. The minimum absolute atomic E-state index is 0.532. The van der Waals surface area contributed by atoms with E-state index in [9.17, 15) is 5.26 Å². The van der Waals surface area contributed by atoms with E-state index in [1.807, 2.05) is 54.6 Å². The van der Waals surface area contributed by atoms with E-state index < -0.39 is 0 Å². The van der Waals surface area contributed by atoms with E-state index in [0.717, 1.165) is 50.1 Å². The average molecular weight is 578 g/mol. The third kappa shape index (κ3) is 6.60. The summed E-state index contributed by atoms with van der Waals surface area (Å²) in [5.74, 6) is 0. The fraction of sp³-hybridized carbons (Fsp3) is 0.0476. The molecule has 6 rings (SSSR count). The van der Waals surface area contributed by atoms with Crippen molar-refractivity contribution in [3.8, 4) is 6.07 Å². The largest absolute Gasteiger partial charge is 0.311 e. The standard InChI is InChI=1S/C42H31N3/c1-30-9-13-32(14-10-30)16-18-35-26-40-36(29-43)25-34(27-41(40)42(28-35)44-3)17-15-33-19-23-39(24-20-33)45(37-7-5-4-6-8-37)38-21-11-31(2)12-22-38/h4-28H,1-2H3. The number of nitrogens with zero attached hydrogens (tertiary/aromatic N) is 3. The molecule has 6 aromatic carbocycles. The lowest BCUT2D eigenvalue weighted by Gasteiger charge is -2.25. The molecule has 6 aromatic rings. The number of nitriles is 1. The minimum Gasteiger partial charge on any atom is -0.311 e. The van der Waals surface area contributed by atoms with Crippen LogP contribution in [0, 0.1) is 31.8 Å². The van der Waals surface area contributed by atoms with E-state index in [0.29, 0.717) is 11.3 Å². The summed E-state index contributed by atoms with van der Waals surface area (Å²) in [6.07, 6.45) is 8.07. The highest BCUT2D eigenvalue weighted by atomic mass is 15.1. The van der Waals surface area contributed by atoms with Crippen LogP contribution in [0.3, 0.4) is 0 Å². The maximum Gasteiger partial charge on any atom is 0.195 e. The molecule has 0 spiro atoms. The van der Waals surface area contributed by atoms with Gasteiger partial charge in [0.25, 0.3) is 0 Å². The first-order valence-corrected chi connectivity index (χ1v) is 14.8. The molecule has 0 aliphatic rings. The molecule has 0 bridgehead atoms. The fourth-order valence-corrected chi connectivity index (χ4v) is 5.38. The molecule has 0 aliphatic carbocycles. The van der Waals surface area contributed by atoms with Gasteiger partial charge in [-0.3, -0.25) is 0 Å². The van der Waals surface area contributed by atoms with Crippen molar-refractivity contribution in [1.82, 2.24) is 0 Å². The first kappa shape index (κ1) is 28.9. The average Bonchev–Trinajstić information content (AvgIpc) is 3.08. The van der Waals surface area contributed by atoms with E-state index in [1.165, 1.54) is 11.1 Å². The van der Waals surface area contributed by atoms with Gasteiger partial charge in [-0.2, -0.15) is 5.26 Å². The first-order valence-electron chi connectivity index (χ1n) is 14.8. The molecule has 0 amide bonds.